The smallest absolute Gasteiger partial charge is 0.253 e. The van der Waals surface area contributed by atoms with Crippen LogP contribution in [0.1, 0.15) is 28.8 Å². The summed E-state index contributed by atoms with van der Waals surface area (Å²) in [4.78, 5) is 14.8. The summed E-state index contributed by atoms with van der Waals surface area (Å²) < 4.78 is 13.4. The van der Waals surface area contributed by atoms with Gasteiger partial charge in [-0.3, -0.25) is 4.79 Å². The third-order valence-electron chi connectivity index (χ3n) is 6.01. The Morgan fingerprint density at radius 3 is 2.33 bits per heavy atom. The molecule has 27 heavy (non-hydrogen) atoms. The van der Waals surface area contributed by atoms with E-state index in [1.807, 2.05) is 30.0 Å². The number of fused-ring (bicyclic) bond motifs is 1. The highest BCUT2D eigenvalue weighted by Gasteiger charge is 2.42. The van der Waals surface area contributed by atoms with Crippen LogP contribution in [0.5, 0.6) is 0 Å². The molecule has 1 saturated carbocycles. The number of aliphatic hydroxyl groups is 2. The SMILES string of the molecule is Cc1cc(F)ccc1-c1cccc(C(=O)N2C[C@H]3C[C@H](O)[C@H](O)C[C@H]3C2)c1. The molecule has 2 aromatic carbocycles. The van der Waals surface area contributed by atoms with Crippen molar-refractivity contribution < 1.29 is 19.4 Å². The molecule has 2 aromatic rings. The van der Waals surface area contributed by atoms with Crippen molar-refractivity contribution in [2.45, 2.75) is 32.0 Å². The Morgan fingerprint density at radius 2 is 1.70 bits per heavy atom. The van der Waals surface area contributed by atoms with E-state index >= 15 is 0 Å². The van der Waals surface area contributed by atoms with Gasteiger partial charge in [-0.25, -0.2) is 4.39 Å². The van der Waals surface area contributed by atoms with Crippen molar-refractivity contribution in [2.75, 3.05) is 13.1 Å². The normalized spacial score (nSPS) is 27.5. The van der Waals surface area contributed by atoms with Gasteiger partial charge in [0.1, 0.15) is 5.82 Å². The van der Waals surface area contributed by atoms with Gasteiger partial charge in [-0.15, -0.1) is 0 Å². The highest BCUT2D eigenvalue weighted by molar-refractivity contribution is 5.95. The summed E-state index contributed by atoms with van der Waals surface area (Å²) in [5, 5.41) is 19.8. The number of aryl methyl sites for hydroxylation is 1. The summed E-state index contributed by atoms with van der Waals surface area (Å²) in [6, 6.07) is 12.1. The van der Waals surface area contributed by atoms with Gasteiger partial charge in [0.2, 0.25) is 0 Å². The molecule has 4 rings (SSSR count). The van der Waals surface area contributed by atoms with Crippen LogP contribution in [0, 0.1) is 24.6 Å². The minimum atomic E-state index is -0.689. The first-order valence-corrected chi connectivity index (χ1v) is 9.44. The number of nitrogens with zero attached hydrogens (tertiary/aromatic N) is 1. The molecule has 1 amide bonds. The minimum absolute atomic E-state index is 0.0324. The monoisotopic (exact) mass is 369 g/mol. The van der Waals surface area contributed by atoms with Crippen molar-refractivity contribution in [1.82, 2.24) is 4.90 Å². The number of hydrogen-bond acceptors (Lipinski definition) is 3. The van der Waals surface area contributed by atoms with E-state index in [1.54, 1.807) is 12.1 Å². The first kappa shape index (κ1) is 18.1. The molecule has 2 fully saturated rings. The second-order valence-electron chi connectivity index (χ2n) is 7.88. The van der Waals surface area contributed by atoms with Gasteiger partial charge in [-0.2, -0.15) is 0 Å². The topological polar surface area (TPSA) is 60.8 Å². The van der Waals surface area contributed by atoms with Gasteiger partial charge in [-0.05, 0) is 72.6 Å². The van der Waals surface area contributed by atoms with Gasteiger partial charge in [0.15, 0.2) is 0 Å². The van der Waals surface area contributed by atoms with Crippen LogP contribution in [0.4, 0.5) is 4.39 Å². The fourth-order valence-corrected chi connectivity index (χ4v) is 4.53. The molecule has 5 heteroatoms. The molecule has 0 spiro atoms. The number of aliphatic hydroxyl groups excluding tert-OH is 2. The number of benzene rings is 2. The molecular formula is C22H24FNO3. The highest BCUT2D eigenvalue weighted by atomic mass is 19.1. The molecule has 2 aliphatic rings. The van der Waals surface area contributed by atoms with Crippen molar-refractivity contribution >= 4 is 5.91 Å². The van der Waals surface area contributed by atoms with Gasteiger partial charge in [-0.1, -0.05) is 18.2 Å². The summed E-state index contributed by atoms with van der Waals surface area (Å²) in [6.07, 6.45) is -0.286. The number of hydrogen-bond donors (Lipinski definition) is 2. The fraction of sp³-hybridized carbons (Fsp3) is 0.409. The van der Waals surface area contributed by atoms with E-state index < -0.39 is 12.2 Å². The Kier molecular flexibility index (Phi) is 4.74. The van der Waals surface area contributed by atoms with E-state index in [9.17, 15) is 19.4 Å². The molecule has 1 saturated heterocycles. The number of carbonyl (C=O) groups is 1. The van der Waals surface area contributed by atoms with Gasteiger partial charge in [0, 0.05) is 18.7 Å². The molecule has 0 radical (unpaired) electrons. The summed E-state index contributed by atoms with van der Waals surface area (Å²) in [5.41, 5.74) is 3.24. The predicted molar refractivity (Wildman–Crippen MR) is 101 cm³/mol. The number of amides is 1. The van der Waals surface area contributed by atoms with E-state index in [2.05, 4.69) is 0 Å². The van der Waals surface area contributed by atoms with Crippen LogP contribution in [0.3, 0.4) is 0 Å². The number of halogens is 1. The Bertz CT molecular complexity index is 850. The van der Waals surface area contributed by atoms with E-state index in [4.69, 9.17) is 0 Å². The maximum atomic E-state index is 13.4. The molecular weight excluding hydrogens is 345 g/mol. The Hall–Kier alpha value is -2.24. The van der Waals surface area contributed by atoms with Crippen LogP contribution >= 0.6 is 0 Å². The predicted octanol–water partition coefficient (Wildman–Crippen LogP) is 3.00. The number of likely N-dealkylation sites (tertiary alicyclic amines) is 1. The van der Waals surface area contributed by atoms with Crippen LogP contribution < -0.4 is 0 Å². The lowest BCUT2D eigenvalue weighted by atomic mass is 9.79. The zero-order valence-electron chi connectivity index (χ0n) is 15.3. The molecule has 0 unspecified atom stereocenters. The fourth-order valence-electron chi connectivity index (χ4n) is 4.53. The standard InChI is InChI=1S/C22H24FNO3/c1-13-7-18(23)5-6-19(13)14-3-2-4-15(8-14)22(27)24-11-16-9-20(25)21(26)10-17(16)12-24/h2-8,16-17,20-21,25-26H,9-12H2,1H3/t16-,17+,20+,21-. The van der Waals surface area contributed by atoms with Crippen LogP contribution in [0.2, 0.25) is 0 Å². The summed E-state index contributed by atoms with van der Waals surface area (Å²) in [5.74, 6) is 0.187. The molecule has 1 aliphatic carbocycles. The Morgan fingerprint density at radius 1 is 1.04 bits per heavy atom. The molecule has 2 N–H and O–H groups in total. The quantitative estimate of drug-likeness (QED) is 0.856. The lowest BCUT2D eigenvalue weighted by molar-refractivity contribution is -0.0372. The van der Waals surface area contributed by atoms with Crippen molar-refractivity contribution in [3.8, 4) is 11.1 Å². The van der Waals surface area contributed by atoms with Crippen LogP contribution in [-0.4, -0.2) is 46.3 Å². The Labute approximate surface area is 158 Å². The second kappa shape index (κ2) is 7.06. The van der Waals surface area contributed by atoms with Gasteiger partial charge >= 0.3 is 0 Å². The maximum Gasteiger partial charge on any atom is 0.253 e. The van der Waals surface area contributed by atoms with Gasteiger partial charge in [0.05, 0.1) is 12.2 Å². The van der Waals surface area contributed by atoms with E-state index in [0.717, 1.165) is 16.7 Å². The molecule has 4 nitrogen and oxygen atoms in total. The van der Waals surface area contributed by atoms with Gasteiger partial charge < -0.3 is 15.1 Å². The van der Waals surface area contributed by atoms with Crippen LogP contribution in [0.15, 0.2) is 42.5 Å². The lowest BCUT2D eigenvalue weighted by Crippen LogP contribution is -2.38. The van der Waals surface area contributed by atoms with Crippen LogP contribution in [-0.2, 0) is 0 Å². The van der Waals surface area contributed by atoms with Crippen molar-refractivity contribution in [2.24, 2.45) is 11.8 Å². The molecule has 0 bridgehead atoms. The first-order valence-electron chi connectivity index (χ1n) is 9.44. The zero-order chi connectivity index (χ0) is 19.1. The summed E-state index contributed by atoms with van der Waals surface area (Å²) in [7, 11) is 0. The average molecular weight is 369 g/mol. The molecule has 1 aliphatic heterocycles. The van der Waals surface area contributed by atoms with E-state index in [-0.39, 0.29) is 23.6 Å². The number of rotatable bonds is 2. The molecule has 0 aromatic heterocycles. The lowest BCUT2D eigenvalue weighted by Gasteiger charge is -2.31. The highest BCUT2D eigenvalue weighted by Crippen LogP contribution is 2.37. The van der Waals surface area contributed by atoms with Crippen LogP contribution in [0.25, 0.3) is 11.1 Å². The Balaban J connectivity index is 1.55. The van der Waals surface area contributed by atoms with Gasteiger partial charge in [0.25, 0.3) is 5.91 Å². The maximum absolute atomic E-state index is 13.4. The number of carbonyl (C=O) groups excluding carboxylic acids is 1. The van der Waals surface area contributed by atoms with Crippen molar-refractivity contribution in [1.29, 1.82) is 0 Å². The first-order chi connectivity index (χ1) is 12.9. The summed E-state index contributed by atoms with van der Waals surface area (Å²) >= 11 is 0. The third-order valence-corrected chi connectivity index (χ3v) is 6.01. The van der Waals surface area contributed by atoms with E-state index in [1.165, 1.54) is 12.1 Å². The average Bonchev–Trinajstić information content (AvgIpc) is 3.04. The molecule has 1 heterocycles. The molecule has 4 atom stereocenters. The minimum Gasteiger partial charge on any atom is -0.390 e. The van der Waals surface area contributed by atoms with Crippen molar-refractivity contribution in [3.05, 3.63) is 59.4 Å². The largest absolute Gasteiger partial charge is 0.390 e. The molecule has 142 valence electrons. The summed E-state index contributed by atoms with van der Waals surface area (Å²) in [6.45, 7) is 3.09. The third kappa shape index (κ3) is 3.49. The second-order valence-corrected chi connectivity index (χ2v) is 7.88. The van der Waals surface area contributed by atoms with E-state index in [0.29, 0.717) is 31.5 Å². The zero-order valence-corrected chi connectivity index (χ0v) is 15.3. The van der Waals surface area contributed by atoms with Crippen molar-refractivity contribution in [3.63, 3.8) is 0 Å².